The lowest BCUT2D eigenvalue weighted by atomic mass is 10.2. The minimum atomic E-state index is 0.0943. The van der Waals surface area contributed by atoms with Gasteiger partial charge in [-0.05, 0) is 22.9 Å². The van der Waals surface area contributed by atoms with E-state index in [-0.39, 0.29) is 5.78 Å². The molecule has 70 valence electrons. The van der Waals surface area contributed by atoms with Crippen molar-refractivity contribution in [1.29, 1.82) is 0 Å². The smallest absolute Gasteiger partial charge is 0.136 e. The molecule has 0 aliphatic rings. The van der Waals surface area contributed by atoms with Gasteiger partial charge in [0.1, 0.15) is 11.5 Å². The molecule has 0 aromatic carbocycles. The van der Waals surface area contributed by atoms with Crippen LogP contribution >= 0.6 is 15.9 Å². The summed E-state index contributed by atoms with van der Waals surface area (Å²) in [6.07, 6.45) is 1.99. The van der Waals surface area contributed by atoms with E-state index in [2.05, 4.69) is 20.9 Å². The van der Waals surface area contributed by atoms with Crippen molar-refractivity contribution in [3.05, 3.63) is 22.4 Å². The number of methoxy groups -OCH3 is 1. The number of carbonyl (C=O) groups is 1. The first-order chi connectivity index (χ1) is 6.13. The molecule has 4 heteroatoms. The molecular weight excluding hydrogens is 234 g/mol. The molecule has 0 radical (unpaired) electrons. The summed E-state index contributed by atoms with van der Waals surface area (Å²) >= 11 is 3.28. The van der Waals surface area contributed by atoms with Crippen LogP contribution in [0.2, 0.25) is 0 Å². The molecule has 0 amide bonds. The minimum absolute atomic E-state index is 0.0943. The van der Waals surface area contributed by atoms with Crippen LogP contribution in [0.5, 0.6) is 5.75 Å². The maximum Gasteiger partial charge on any atom is 0.136 e. The van der Waals surface area contributed by atoms with Gasteiger partial charge in [0, 0.05) is 18.7 Å². The van der Waals surface area contributed by atoms with Gasteiger partial charge in [-0.15, -0.1) is 0 Å². The van der Waals surface area contributed by atoms with Gasteiger partial charge in [0.05, 0.1) is 17.3 Å². The number of hydrogen-bond acceptors (Lipinski definition) is 3. The molecule has 0 aliphatic carbocycles. The molecule has 1 aromatic rings. The molecule has 0 atom stereocenters. The van der Waals surface area contributed by atoms with Crippen LogP contribution in [0, 0.1) is 0 Å². The van der Waals surface area contributed by atoms with Crippen molar-refractivity contribution in [3.63, 3.8) is 0 Å². The summed E-state index contributed by atoms with van der Waals surface area (Å²) in [7, 11) is 1.58. The standard InChI is InChI=1S/C9H10BrNO2/c1-6(12)3-7-4-9(13-2)8(10)5-11-7/h4-5H,3H2,1-2H3. The van der Waals surface area contributed by atoms with Crippen molar-refractivity contribution in [2.24, 2.45) is 0 Å². The summed E-state index contributed by atoms with van der Waals surface area (Å²) in [5, 5.41) is 0. The number of nitrogens with zero attached hydrogens (tertiary/aromatic N) is 1. The average Bonchev–Trinajstić information content (AvgIpc) is 2.07. The summed E-state index contributed by atoms with van der Waals surface area (Å²) in [4.78, 5) is 14.9. The lowest BCUT2D eigenvalue weighted by molar-refractivity contribution is -0.116. The second-order valence-electron chi connectivity index (χ2n) is 2.69. The fourth-order valence-electron chi connectivity index (χ4n) is 0.969. The summed E-state index contributed by atoms with van der Waals surface area (Å²) in [6, 6.07) is 1.76. The molecule has 0 N–H and O–H groups in total. The molecule has 3 nitrogen and oxygen atoms in total. The van der Waals surface area contributed by atoms with Crippen molar-refractivity contribution in [1.82, 2.24) is 4.98 Å². The Labute approximate surface area is 85.3 Å². The van der Waals surface area contributed by atoms with Gasteiger partial charge < -0.3 is 4.74 Å². The number of pyridine rings is 1. The topological polar surface area (TPSA) is 39.2 Å². The SMILES string of the molecule is COc1cc(CC(C)=O)ncc1Br. The number of carbonyl (C=O) groups excluding carboxylic acids is 1. The van der Waals surface area contributed by atoms with E-state index in [1.807, 2.05) is 0 Å². The second-order valence-corrected chi connectivity index (χ2v) is 3.54. The van der Waals surface area contributed by atoms with Crippen LogP contribution in [0.25, 0.3) is 0 Å². The number of halogens is 1. The molecule has 0 fully saturated rings. The quantitative estimate of drug-likeness (QED) is 0.816. The van der Waals surface area contributed by atoms with Crippen LogP contribution in [0.4, 0.5) is 0 Å². The maximum atomic E-state index is 10.8. The highest BCUT2D eigenvalue weighted by Gasteiger charge is 2.04. The van der Waals surface area contributed by atoms with E-state index >= 15 is 0 Å². The van der Waals surface area contributed by atoms with Crippen LogP contribution in [0.15, 0.2) is 16.7 Å². The van der Waals surface area contributed by atoms with E-state index in [0.717, 1.165) is 10.2 Å². The van der Waals surface area contributed by atoms with E-state index in [1.165, 1.54) is 6.92 Å². The number of Topliss-reactive ketones (excluding diaryl/α,β-unsaturated/α-hetero) is 1. The van der Waals surface area contributed by atoms with E-state index in [1.54, 1.807) is 19.4 Å². The predicted octanol–water partition coefficient (Wildman–Crippen LogP) is 1.98. The number of hydrogen-bond donors (Lipinski definition) is 0. The predicted molar refractivity (Wildman–Crippen MR) is 52.9 cm³/mol. The van der Waals surface area contributed by atoms with Crippen LogP contribution in [0.1, 0.15) is 12.6 Å². The lowest BCUT2D eigenvalue weighted by Crippen LogP contribution is -1.99. The first-order valence-electron chi connectivity index (χ1n) is 3.81. The minimum Gasteiger partial charge on any atom is -0.495 e. The van der Waals surface area contributed by atoms with Crippen molar-refractivity contribution < 1.29 is 9.53 Å². The second kappa shape index (κ2) is 4.37. The van der Waals surface area contributed by atoms with Crippen molar-refractivity contribution in [2.45, 2.75) is 13.3 Å². The molecule has 0 aliphatic heterocycles. The van der Waals surface area contributed by atoms with E-state index in [4.69, 9.17) is 4.74 Å². The molecule has 0 unspecified atom stereocenters. The Morgan fingerprint density at radius 2 is 2.38 bits per heavy atom. The van der Waals surface area contributed by atoms with Gasteiger partial charge in [0.15, 0.2) is 0 Å². The van der Waals surface area contributed by atoms with Gasteiger partial charge in [-0.1, -0.05) is 0 Å². The van der Waals surface area contributed by atoms with Gasteiger partial charge in [-0.3, -0.25) is 9.78 Å². The summed E-state index contributed by atoms with van der Waals surface area (Å²) < 4.78 is 5.86. The highest BCUT2D eigenvalue weighted by Crippen LogP contribution is 2.23. The fourth-order valence-corrected chi connectivity index (χ4v) is 1.35. The Morgan fingerprint density at radius 3 is 2.92 bits per heavy atom. The van der Waals surface area contributed by atoms with Gasteiger partial charge >= 0.3 is 0 Å². The average molecular weight is 244 g/mol. The highest BCUT2D eigenvalue weighted by atomic mass is 79.9. The zero-order valence-electron chi connectivity index (χ0n) is 7.50. The van der Waals surface area contributed by atoms with E-state index in [0.29, 0.717) is 12.2 Å². The van der Waals surface area contributed by atoms with Crippen molar-refractivity contribution in [2.75, 3.05) is 7.11 Å². The molecule has 1 heterocycles. The zero-order chi connectivity index (χ0) is 9.84. The van der Waals surface area contributed by atoms with Gasteiger partial charge in [0.25, 0.3) is 0 Å². The Bertz CT molecular complexity index is 325. The van der Waals surface area contributed by atoms with E-state index < -0.39 is 0 Å². The number of ketones is 1. The van der Waals surface area contributed by atoms with Crippen molar-refractivity contribution >= 4 is 21.7 Å². The maximum absolute atomic E-state index is 10.8. The summed E-state index contributed by atoms with van der Waals surface area (Å²) in [6.45, 7) is 1.54. The Hall–Kier alpha value is -0.900. The lowest BCUT2D eigenvalue weighted by Gasteiger charge is -2.04. The molecule has 0 bridgehead atoms. The third-order valence-electron chi connectivity index (χ3n) is 1.53. The van der Waals surface area contributed by atoms with Crippen LogP contribution in [-0.4, -0.2) is 17.9 Å². The monoisotopic (exact) mass is 243 g/mol. The Kier molecular flexibility index (Phi) is 3.42. The molecule has 1 aromatic heterocycles. The molecule has 13 heavy (non-hydrogen) atoms. The first-order valence-corrected chi connectivity index (χ1v) is 4.60. The number of rotatable bonds is 3. The number of ether oxygens (including phenoxy) is 1. The third kappa shape index (κ3) is 2.81. The zero-order valence-corrected chi connectivity index (χ0v) is 9.09. The van der Waals surface area contributed by atoms with Crippen LogP contribution in [-0.2, 0) is 11.2 Å². The fraction of sp³-hybridized carbons (Fsp3) is 0.333. The largest absolute Gasteiger partial charge is 0.495 e. The first kappa shape index (κ1) is 10.2. The van der Waals surface area contributed by atoms with Crippen LogP contribution in [0.3, 0.4) is 0 Å². The Balaban J connectivity index is 2.92. The van der Waals surface area contributed by atoms with Gasteiger partial charge in [0.2, 0.25) is 0 Å². The molecule has 0 saturated carbocycles. The third-order valence-corrected chi connectivity index (χ3v) is 2.12. The molecular formula is C9H10BrNO2. The number of aromatic nitrogens is 1. The summed E-state index contributed by atoms with van der Waals surface area (Å²) in [5.41, 5.74) is 0.729. The van der Waals surface area contributed by atoms with Gasteiger partial charge in [-0.25, -0.2) is 0 Å². The van der Waals surface area contributed by atoms with Crippen molar-refractivity contribution in [3.8, 4) is 5.75 Å². The van der Waals surface area contributed by atoms with Gasteiger partial charge in [-0.2, -0.15) is 0 Å². The highest BCUT2D eigenvalue weighted by molar-refractivity contribution is 9.10. The van der Waals surface area contributed by atoms with E-state index in [9.17, 15) is 4.79 Å². The van der Waals surface area contributed by atoms with Crippen LogP contribution < -0.4 is 4.74 Å². The molecule has 0 spiro atoms. The molecule has 0 saturated heterocycles. The molecule has 1 rings (SSSR count). The normalized spacial score (nSPS) is 9.77. The Morgan fingerprint density at radius 1 is 1.69 bits per heavy atom. The summed E-state index contributed by atoms with van der Waals surface area (Å²) in [5.74, 6) is 0.795.